The molecular formula is C12H22N2O2. The van der Waals surface area contributed by atoms with Crippen molar-refractivity contribution >= 4 is 5.91 Å². The van der Waals surface area contributed by atoms with Crippen LogP contribution in [-0.2, 0) is 9.53 Å². The molecule has 4 nitrogen and oxygen atoms in total. The highest BCUT2D eigenvalue weighted by molar-refractivity contribution is 5.76. The van der Waals surface area contributed by atoms with E-state index in [-0.39, 0.29) is 11.3 Å². The highest BCUT2D eigenvalue weighted by Crippen LogP contribution is 2.24. The molecule has 0 unspecified atom stereocenters. The van der Waals surface area contributed by atoms with Crippen LogP contribution in [0.15, 0.2) is 0 Å². The summed E-state index contributed by atoms with van der Waals surface area (Å²) in [4.78, 5) is 14.0. The van der Waals surface area contributed by atoms with Crippen LogP contribution in [0.5, 0.6) is 0 Å². The molecule has 2 fully saturated rings. The van der Waals surface area contributed by atoms with Crippen LogP contribution in [0.1, 0.15) is 26.2 Å². The van der Waals surface area contributed by atoms with Crippen molar-refractivity contribution in [2.45, 2.75) is 26.2 Å². The van der Waals surface area contributed by atoms with Gasteiger partial charge in [0.05, 0.1) is 13.2 Å². The zero-order valence-electron chi connectivity index (χ0n) is 10.1. The van der Waals surface area contributed by atoms with Crippen molar-refractivity contribution in [1.29, 1.82) is 0 Å². The van der Waals surface area contributed by atoms with Gasteiger partial charge in [-0.2, -0.15) is 0 Å². The molecule has 16 heavy (non-hydrogen) atoms. The summed E-state index contributed by atoms with van der Waals surface area (Å²) in [6.45, 7) is 7.71. The molecule has 0 radical (unpaired) electrons. The van der Waals surface area contributed by atoms with Crippen molar-refractivity contribution in [1.82, 2.24) is 10.2 Å². The average Bonchev–Trinajstić information content (AvgIpc) is 2.73. The lowest BCUT2D eigenvalue weighted by Gasteiger charge is -2.38. The van der Waals surface area contributed by atoms with Gasteiger partial charge in [-0.1, -0.05) is 6.92 Å². The second-order valence-electron chi connectivity index (χ2n) is 5.38. The van der Waals surface area contributed by atoms with Gasteiger partial charge in [0.2, 0.25) is 5.91 Å². The third-order valence-corrected chi connectivity index (χ3v) is 3.47. The minimum absolute atomic E-state index is 0.181. The number of nitrogens with zero attached hydrogens (tertiary/aromatic N) is 1. The Balaban J connectivity index is 1.57. The smallest absolute Gasteiger partial charge is 0.221 e. The van der Waals surface area contributed by atoms with Crippen molar-refractivity contribution in [2.75, 3.05) is 39.4 Å². The number of carbonyl (C=O) groups is 1. The summed E-state index contributed by atoms with van der Waals surface area (Å²) >= 11 is 0. The topological polar surface area (TPSA) is 41.6 Å². The normalized spacial score (nSPS) is 24.1. The summed E-state index contributed by atoms with van der Waals surface area (Å²) in [6.07, 6.45) is 3.21. The maximum atomic E-state index is 11.6. The number of carbonyl (C=O) groups excluding carboxylic acids is 1. The van der Waals surface area contributed by atoms with Crippen molar-refractivity contribution in [3.8, 4) is 0 Å². The summed E-state index contributed by atoms with van der Waals surface area (Å²) < 4.78 is 5.15. The molecule has 1 N–H and O–H groups in total. The quantitative estimate of drug-likeness (QED) is 0.747. The Kier molecular flexibility index (Phi) is 3.82. The van der Waals surface area contributed by atoms with Gasteiger partial charge in [-0.25, -0.2) is 0 Å². The van der Waals surface area contributed by atoms with Crippen LogP contribution >= 0.6 is 0 Å². The van der Waals surface area contributed by atoms with Crippen LogP contribution in [0.25, 0.3) is 0 Å². The molecule has 1 amide bonds. The standard InChI is InChI=1S/C12H22N2O2/c1-12(9-16-10-12)8-13-11(15)4-7-14-5-2-3-6-14/h2-10H2,1H3,(H,13,15). The van der Waals surface area contributed by atoms with E-state index in [1.165, 1.54) is 25.9 Å². The van der Waals surface area contributed by atoms with E-state index in [2.05, 4.69) is 17.1 Å². The molecule has 0 aromatic heterocycles. The van der Waals surface area contributed by atoms with Crippen LogP contribution in [0, 0.1) is 5.41 Å². The van der Waals surface area contributed by atoms with Crippen molar-refractivity contribution < 1.29 is 9.53 Å². The molecular weight excluding hydrogens is 204 g/mol. The Morgan fingerprint density at radius 2 is 2.06 bits per heavy atom. The van der Waals surface area contributed by atoms with Crippen LogP contribution in [-0.4, -0.2) is 50.2 Å². The second-order valence-corrected chi connectivity index (χ2v) is 5.38. The summed E-state index contributed by atoms with van der Waals surface area (Å²) in [5.74, 6) is 0.181. The fraction of sp³-hybridized carbons (Fsp3) is 0.917. The molecule has 0 aliphatic carbocycles. The highest BCUT2D eigenvalue weighted by Gasteiger charge is 2.33. The summed E-state index contributed by atoms with van der Waals surface area (Å²) in [6, 6.07) is 0. The Morgan fingerprint density at radius 1 is 1.38 bits per heavy atom. The lowest BCUT2D eigenvalue weighted by molar-refractivity contribution is -0.127. The monoisotopic (exact) mass is 226 g/mol. The number of likely N-dealkylation sites (tertiary alicyclic amines) is 1. The zero-order chi connectivity index (χ0) is 11.4. The van der Waals surface area contributed by atoms with Gasteiger partial charge in [0, 0.05) is 24.9 Å². The SMILES string of the molecule is CC1(CNC(=O)CCN2CCCC2)COC1. The average molecular weight is 226 g/mol. The maximum Gasteiger partial charge on any atom is 0.221 e. The number of ether oxygens (including phenoxy) is 1. The van der Waals surface area contributed by atoms with Crippen LogP contribution in [0.2, 0.25) is 0 Å². The van der Waals surface area contributed by atoms with Crippen molar-refractivity contribution in [3.05, 3.63) is 0 Å². The van der Waals surface area contributed by atoms with Gasteiger partial charge < -0.3 is 15.0 Å². The van der Waals surface area contributed by atoms with E-state index in [0.29, 0.717) is 6.42 Å². The maximum absolute atomic E-state index is 11.6. The van der Waals surface area contributed by atoms with Gasteiger partial charge in [-0.3, -0.25) is 4.79 Å². The van der Waals surface area contributed by atoms with E-state index >= 15 is 0 Å². The first-order chi connectivity index (χ1) is 7.68. The Labute approximate surface area is 97.3 Å². The van der Waals surface area contributed by atoms with Gasteiger partial charge >= 0.3 is 0 Å². The molecule has 0 aromatic carbocycles. The Hall–Kier alpha value is -0.610. The molecule has 0 spiro atoms. The predicted octanol–water partition coefficient (Wildman–Crippen LogP) is 0.625. The minimum Gasteiger partial charge on any atom is -0.380 e. The number of nitrogens with one attached hydrogen (secondary N) is 1. The van der Waals surface area contributed by atoms with Gasteiger partial charge in [0.15, 0.2) is 0 Å². The molecule has 2 saturated heterocycles. The summed E-state index contributed by atoms with van der Waals surface area (Å²) in [7, 11) is 0. The van der Waals surface area contributed by atoms with E-state index in [4.69, 9.17) is 4.74 Å². The Morgan fingerprint density at radius 3 is 2.62 bits per heavy atom. The number of hydrogen-bond acceptors (Lipinski definition) is 3. The first kappa shape index (κ1) is 11.9. The second kappa shape index (κ2) is 5.15. The zero-order valence-corrected chi connectivity index (χ0v) is 10.1. The third kappa shape index (κ3) is 3.19. The van der Waals surface area contributed by atoms with Crippen molar-refractivity contribution in [2.24, 2.45) is 5.41 Å². The van der Waals surface area contributed by atoms with E-state index in [1.54, 1.807) is 0 Å². The van der Waals surface area contributed by atoms with Crippen LogP contribution < -0.4 is 5.32 Å². The molecule has 2 aliphatic heterocycles. The first-order valence-corrected chi connectivity index (χ1v) is 6.25. The van der Waals surface area contributed by atoms with Gasteiger partial charge in [0.1, 0.15) is 0 Å². The molecule has 0 bridgehead atoms. The highest BCUT2D eigenvalue weighted by atomic mass is 16.5. The molecule has 0 aromatic rings. The molecule has 2 heterocycles. The lowest BCUT2D eigenvalue weighted by atomic mass is 9.89. The lowest BCUT2D eigenvalue weighted by Crippen LogP contribution is -2.48. The largest absolute Gasteiger partial charge is 0.380 e. The number of rotatable bonds is 5. The van der Waals surface area contributed by atoms with E-state index in [1.807, 2.05) is 0 Å². The van der Waals surface area contributed by atoms with Gasteiger partial charge in [-0.05, 0) is 25.9 Å². The van der Waals surface area contributed by atoms with E-state index in [0.717, 1.165) is 26.3 Å². The van der Waals surface area contributed by atoms with E-state index in [9.17, 15) is 4.79 Å². The predicted molar refractivity (Wildman–Crippen MR) is 62.2 cm³/mol. The summed E-state index contributed by atoms with van der Waals surface area (Å²) in [5, 5.41) is 3.00. The van der Waals surface area contributed by atoms with Crippen LogP contribution in [0.4, 0.5) is 0 Å². The first-order valence-electron chi connectivity index (χ1n) is 6.25. The van der Waals surface area contributed by atoms with Gasteiger partial charge in [-0.15, -0.1) is 0 Å². The molecule has 4 heteroatoms. The molecule has 0 saturated carbocycles. The minimum atomic E-state index is 0.181. The molecule has 0 atom stereocenters. The number of amides is 1. The fourth-order valence-corrected chi connectivity index (χ4v) is 2.22. The van der Waals surface area contributed by atoms with Crippen molar-refractivity contribution in [3.63, 3.8) is 0 Å². The molecule has 92 valence electrons. The molecule has 2 rings (SSSR count). The Bertz CT molecular complexity index is 245. The molecule has 2 aliphatic rings. The third-order valence-electron chi connectivity index (χ3n) is 3.47. The van der Waals surface area contributed by atoms with Gasteiger partial charge in [0.25, 0.3) is 0 Å². The fourth-order valence-electron chi connectivity index (χ4n) is 2.22. The summed E-state index contributed by atoms with van der Waals surface area (Å²) in [5.41, 5.74) is 0.184. The number of hydrogen-bond donors (Lipinski definition) is 1. The van der Waals surface area contributed by atoms with E-state index < -0.39 is 0 Å². The van der Waals surface area contributed by atoms with Crippen LogP contribution in [0.3, 0.4) is 0 Å².